The molecule has 0 atom stereocenters. The van der Waals surface area contributed by atoms with E-state index >= 15 is 0 Å². The van der Waals surface area contributed by atoms with E-state index in [2.05, 4.69) is 54.1 Å². The summed E-state index contributed by atoms with van der Waals surface area (Å²) in [4.78, 5) is 9.04. The molecular formula is C16H29ClN4. The van der Waals surface area contributed by atoms with Crippen molar-refractivity contribution in [2.24, 2.45) is 0 Å². The molecule has 0 aliphatic rings. The summed E-state index contributed by atoms with van der Waals surface area (Å²) in [5.41, 5.74) is 1.13. The standard InChI is InChI=1S/C16H29ClN4/c1-5-7-18-12-14-11-16(19-13-15(14)17)21(8-6-2)10-9-20(3)4/h11,13,18H,5-10,12H2,1-4H3. The van der Waals surface area contributed by atoms with E-state index in [1.54, 1.807) is 6.20 Å². The van der Waals surface area contributed by atoms with Gasteiger partial charge in [0.2, 0.25) is 0 Å². The highest BCUT2D eigenvalue weighted by Crippen LogP contribution is 2.20. The van der Waals surface area contributed by atoms with E-state index in [1.165, 1.54) is 0 Å². The van der Waals surface area contributed by atoms with Crippen molar-refractivity contribution < 1.29 is 0 Å². The number of anilines is 1. The molecule has 0 saturated heterocycles. The first kappa shape index (κ1) is 18.2. The van der Waals surface area contributed by atoms with Crippen molar-refractivity contribution in [2.45, 2.75) is 33.2 Å². The maximum absolute atomic E-state index is 6.26. The van der Waals surface area contributed by atoms with Gasteiger partial charge in [-0.15, -0.1) is 0 Å². The molecule has 0 radical (unpaired) electrons. The number of nitrogens with one attached hydrogen (secondary N) is 1. The summed E-state index contributed by atoms with van der Waals surface area (Å²) < 4.78 is 0. The van der Waals surface area contributed by atoms with Gasteiger partial charge >= 0.3 is 0 Å². The Morgan fingerprint density at radius 3 is 2.52 bits per heavy atom. The van der Waals surface area contributed by atoms with Gasteiger partial charge in [-0.25, -0.2) is 4.98 Å². The van der Waals surface area contributed by atoms with Crippen LogP contribution in [0.25, 0.3) is 0 Å². The second kappa shape index (κ2) is 9.98. The van der Waals surface area contributed by atoms with Crippen molar-refractivity contribution in [1.82, 2.24) is 15.2 Å². The highest BCUT2D eigenvalue weighted by molar-refractivity contribution is 6.31. The molecule has 1 heterocycles. The Kier molecular flexibility index (Phi) is 8.66. The van der Waals surface area contributed by atoms with Gasteiger partial charge in [-0.3, -0.25) is 0 Å². The lowest BCUT2D eigenvalue weighted by molar-refractivity contribution is 0.412. The molecule has 120 valence electrons. The van der Waals surface area contributed by atoms with Crippen LogP contribution in [0.3, 0.4) is 0 Å². The normalized spacial score (nSPS) is 11.1. The van der Waals surface area contributed by atoms with Crippen molar-refractivity contribution in [3.63, 3.8) is 0 Å². The Morgan fingerprint density at radius 1 is 1.14 bits per heavy atom. The van der Waals surface area contributed by atoms with E-state index in [0.717, 1.165) is 62.0 Å². The zero-order valence-corrected chi connectivity index (χ0v) is 14.6. The molecule has 1 N–H and O–H groups in total. The van der Waals surface area contributed by atoms with E-state index in [9.17, 15) is 0 Å². The van der Waals surface area contributed by atoms with Crippen LogP contribution >= 0.6 is 11.6 Å². The van der Waals surface area contributed by atoms with Gasteiger partial charge in [0.05, 0.1) is 5.02 Å². The minimum Gasteiger partial charge on any atom is -0.355 e. The number of hydrogen-bond donors (Lipinski definition) is 1. The van der Waals surface area contributed by atoms with Crippen LogP contribution in [0.1, 0.15) is 32.3 Å². The fourth-order valence-corrected chi connectivity index (χ4v) is 2.28. The van der Waals surface area contributed by atoms with Gasteiger partial charge in [-0.2, -0.15) is 0 Å². The largest absolute Gasteiger partial charge is 0.355 e. The summed E-state index contributed by atoms with van der Waals surface area (Å²) in [5.74, 6) is 1.02. The Hall–Kier alpha value is -0.840. The van der Waals surface area contributed by atoms with Crippen LogP contribution in [0.2, 0.25) is 5.02 Å². The summed E-state index contributed by atoms with van der Waals surface area (Å²) in [6, 6.07) is 2.12. The average molecular weight is 313 g/mol. The third-order valence-corrected chi connectivity index (χ3v) is 3.64. The Balaban J connectivity index is 2.79. The topological polar surface area (TPSA) is 31.4 Å². The maximum atomic E-state index is 6.26. The number of aromatic nitrogens is 1. The first-order chi connectivity index (χ1) is 10.1. The van der Waals surface area contributed by atoms with Gasteiger partial charge in [0, 0.05) is 32.4 Å². The lowest BCUT2D eigenvalue weighted by atomic mass is 10.2. The molecule has 0 spiro atoms. The van der Waals surface area contributed by atoms with Crippen LogP contribution in [0.15, 0.2) is 12.3 Å². The van der Waals surface area contributed by atoms with Crippen LogP contribution in [0.4, 0.5) is 5.82 Å². The molecule has 1 aromatic rings. The van der Waals surface area contributed by atoms with Crippen LogP contribution in [0, 0.1) is 0 Å². The quantitative estimate of drug-likeness (QED) is 0.673. The molecule has 21 heavy (non-hydrogen) atoms. The molecular weight excluding hydrogens is 284 g/mol. The zero-order valence-electron chi connectivity index (χ0n) is 13.8. The molecule has 5 heteroatoms. The fourth-order valence-electron chi connectivity index (χ4n) is 2.11. The minimum absolute atomic E-state index is 0.742. The summed E-state index contributed by atoms with van der Waals surface area (Å²) >= 11 is 6.26. The lowest BCUT2D eigenvalue weighted by Gasteiger charge is -2.25. The number of halogens is 1. The Bertz CT molecular complexity index is 409. The third-order valence-electron chi connectivity index (χ3n) is 3.30. The van der Waals surface area contributed by atoms with Crippen LogP contribution in [-0.2, 0) is 6.54 Å². The number of likely N-dealkylation sites (N-methyl/N-ethyl adjacent to an activating group) is 1. The highest BCUT2D eigenvalue weighted by Gasteiger charge is 2.10. The van der Waals surface area contributed by atoms with Crippen molar-refractivity contribution in [3.8, 4) is 0 Å². The maximum Gasteiger partial charge on any atom is 0.128 e. The monoisotopic (exact) mass is 312 g/mol. The average Bonchev–Trinajstić information content (AvgIpc) is 2.45. The van der Waals surface area contributed by atoms with Gasteiger partial charge in [0.15, 0.2) is 0 Å². The van der Waals surface area contributed by atoms with Crippen molar-refractivity contribution in [3.05, 3.63) is 22.8 Å². The van der Waals surface area contributed by atoms with Crippen molar-refractivity contribution in [1.29, 1.82) is 0 Å². The second-order valence-corrected chi connectivity index (χ2v) is 6.01. The molecule has 1 rings (SSSR count). The Labute approximate surface area is 134 Å². The van der Waals surface area contributed by atoms with Gasteiger partial charge in [0.1, 0.15) is 5.82 Å². The zero-order chi connectivity index (χ0) is 15.7. The number of pyridine rings is 1. The van der Waals surface area contributed by atoms with E-state index < -0.39 is 0 Å². The van der Waals surface area contributed by atoms with Gasteiger partial charge in [0.25, 0.3) is 0 Å². The lowest BCUT2D eigenvalue weighted by Crippen LogP contribution is -2.33. The molecule has 0 unspecified atom stereocenters. The second-order valence-electron chi connectivity index (χ2n) is 5.60. The number of rotatable bonds is 10. The molecule has 1 aromatic heterocycles. The molecule has 0 fully saturated rings. The first-order valence-corrected chi connectivity index (χ1v) is 8.21. The summed E-state index contributed by atoms with van der Waals surface area (Å²) in [7, 11) is 4.19. The molecule has 0 aromatic carbocycles. The summed E-state index contributed by atoms with van der Waals surface area (Å²) in [6.45, 7) is 9.19. The van der Waals surface area contributed by atoms with Gasteiger partial charge in [-0.1, -0.05) is 25.4 Å². The van der Waals surface area contributed by atoms with Gasteiger partial charge in [-0.05, 0) is 45.1 Å². The molecule has 4 nitrogen and oxygen atoms in total. The third kappa shape index (κ3) is 6.64. The molecule has 0 aliphatic heterocycles. The van der Waals surface area contributed by atoms with Gasteiger partial charge < -0.3 is 15.1 Å². The first-order valence-electron chi connectivity index (χ1n) is 7.83. The fraction of sp³-hybridized carbons (Fsp3) is 0.688. The molecule has 0 amide bonds. The van der Waals surface area contributed by atoms with Crippen LogP contribution in [0.5, 0.6) is 0 Å². The predicted molar refractivity (Wildman–Crippen MR) is 92.3 cm³/mol. The SMILES string of the molecule is CCCNCc1cc(N(CCC)CCN(C)C)ncc1Cl. The molecule has 0 aliphatic carbocycles. The molecule has 0 bridgehead atoms. The van der Waals surface area contributed by atoms with Crippen molar-refractivity contribution in [2.75, 3.05) is 45.2 Å². The highest BCUT2D eigenvalue weighted by atomic mass is 35.5. The van der Waals surface area contributed by atoms with Crippen molar-refractivity contribution >= 4 is 17.4 Å². The van der Waals surface area contributed by atoms with E-state index in [0.29, 0.717) is 0 Å². The summed E-state index contributed by atoms with van der Waals surface area (Å²) in [6.07, 6.45) is 4.01. The predicted octanol–water partition coefficient (Wildman–Crippen LogP) is 3.01. The number of hydrogen-bond acceptors (Lipinski definition) is 4. The van der Waals surface area contributed by atoms with E-state index in [-0.39, 0.29) is 0 Å². The van der Waals surface area contributed by atoms with E-state index in [1.807, 2.05) is 0 Å². The van der Waals surface area contributed by atoms with E-state index in [4.69, 9.17) is 11.6 Å². The smallest absolute Gasteiger partial charge is 0.128 e. The Morgan fingerprint density at radius 2 is 1.90 bits per heavy atom. The van der Waals surface area contributed by atoms with Crippen LogP contribution in [-0.4, -0.2) is 50.2 Å². The van der Waals surface area contributed by atoms with Crippen LogP contribution < -0.4 is 10.2 Å². The minimum atomic E-state index is 0.742. The summed E-state index contributed by atoms with van der Waals surface area (Å²) in [5, 5.41) is 4.14. The molecule has 0 saturated carbocycles. The number of nitrogens with zero attached hydrogens (tertiary/aromatic N) is 3.